The van der Waals surface area contributed by atoms with Gasteiger partial charge in [-0.1, -0.05) is 62.1 Å². The van der Waals surface area contributed by atoms with Crippen molar-refractivity contribution >= 4 is 29.5 Å². The first kappa shape index (κ1) is 27.0. The van der Waals surface area contributed by atoms with E-state index in [-0.39, 0.29) is 18.1 Å². The smallest absolute Gasteiger partial charge is 0.271 e. The number of hydrogen-bond acceptors (Lipinski definition) is 5. The molecule has 0 bridgehead atoms. The lowest BCUT2D eigenvalue weighted by Gasteiger charge is -2.27. The number of nitriles is 1. The van der Waals surface area contributed by atoms with Gasteiger partial charge < -0.3 is 9.47 Å². The number of carbonyl (C=O) groups excluding carboxylic acids is 2. The molecule has 6 nitrogen and oxygen atoms in total. The summed E-state index contributed by atoms with van der Waals surface area (Å²) in [5.74, 6) is 0.167. The maximum absolute atomic E-state index is 13.3. The molecule has 3 rings (SSSR count). The van der Waals surface area contributed by atoms with E-state index in [0.29, 0.717) is 52.8 Å². The fourth-order valence-electron chi connectivity index (χ4n) is 3.97. The van der Waals surface area contributed by atoms with Crippen LogP contribution in [0.2, 0.25) is 5.02 Å². The van der Waals surface area contributed by atoms with Crippen LogP contribution in [0, 0.1) is 11.3 Å². The highest BCUT2D eigenvalue weighted by molar-refractivity contribution is 6.31. The van der Waals surface area contributed by atoms with E-state index in [1.54, 1.807) is 25.1 Å². The molecule has 0 aromatic heterocycles. The minimum atomic E-state index is -0.521. The van der Waals surface area contributed by atoms with Gasteiger partial charge in [-0.3, -0.25) is 14.5 Å². The molecule has 0 radical (unpaired) electrons. The van der Waals surface area contributed by atoms with E-state index in [2.05, 4.69) is 6.92 Å². The molecular weight excluding hydrogens is 476 g/mol. The lowest BCUT2D eigenvalue weighted by molar-refractivity contribution is -0.140. The number of halogens is 1. The normalized spacial score (nSPS) is 14.9. The number of amides is 2. The second-order valence-corrected chi connectivity index (χ2v) is 8.92. The van der Waals surface area contributed by atoms with Gasteiger partial charge >= 0.3 is 0 Å². The summed E-state index contributed by atoms with van der Waals surface area (Å²) in [5.41, 5.74) is 2.27. The van der Waals surface area contributed by atoms with Crippen molar-refractivity contribution < 1.29 is 19.1 Å². The SMILES string of the molecule is CCCCCCN1C(=O)C(C#N)=C(C)/C(=C\c2ccc(OCc3ccccc3Cl)c(OCC)c2)C1=O. The van der Waals surface area contributed by atoms with Crippen molar-refractivity contribution in [2.45, 2.75) is 53.1 Å². The zero-order valence-electron chi connectivity index (χ0n) is 21.0. The molecule has 0 unspecified atom stereocenters. The van der Waals surface area contributed by atoms with Gasteiger partial charge in [0.25, 0.3) is 11.8 Å². The van der Waals surface area contributed by atoms with Gasteiger partial charge in [-0.25, -0.2) is 0 Å². The molecular formula is C29H31ClN2O4. The first-order valence-electron chi connectivity index (χ1n) is 12.2. The predicted octanol–water partition coefficient (Wildman–Crippen LogP) is 6.49. The Balaban J connectivity index is 1.90. The molecule has 36 heavy (non-hydrogen) atoms. The molecule has 2 amide bonds. The lowest BCUT2D eigenvalue weighted by atomic mass is 9.93. The van der Waals surface area contributed by atoms with Crippen molar-refractivity contribution in [1.82, 2.24) is 4.90 Å². The third kappa shape index (κ3) is 6.35. The molecule has 0 spiro atoms. The van der Waals surface area contributed by atoms with Crippen LogP contribution in [0.5, 0.6) is 11.5 Å². The van der Waals surface area contributed by atoms with Gasteiger partial charge in [0.15, 0.2) is 11.5 Å². The van der Waals surface area contributed by atoms with E-state index in [9.17, 15) is 14.9 Å². The molecule has 2 aromatic rings. The second-order valence-electron chi connectivity index (χ2n) is 8.51. The van der Waals surface area contributed by atoms with Gasteiger partial charge in [-0.05, 0) is 55.7 Å². The molecule has 1 aliphatic heterocycles. The van der Waals surface area contributed by atoms with E-state index in [4.69, 9.17) is 21.1 Å². The zero-order valence-corrected chi connectivity index (χ0v) is 21.7. The van der Waals surface area contributed by atoms with Crippen LogP contribution >= 0.6 is 11.6 Å². The van der Waals surface area contributed by atoms with E-state index >= 15 is 0 Å². The Morgan fingerprint density at radius 3 is 2.47 bits per heavy atom. The quantitative estimate of drug-likeness (QED) is 0.198. The van der Waals surface area contributed by atoms with Crippen LogP contribution in [0.4, 0.5) is 0 Å². The van der Waals surface area contributed by atoms with Crippen LogP contribution in [-0.4, -0.2) is 29.9 Å². The number of carbonyl (C=O) groups is 2. The largest absolute Gasteiger partial charge is 0.490 e. The Kier molecular flexibility index (Phi) is 9.72. The average Bonchev–Trinajstić information content (AvgIpc) is 2.87. The number of nitrogens with zero attached hydrogens (tertiary/aromatic N) is 2. The lowest BCUT2D eigenvalue weighted by Crippen LogP contribution is -2.43. The van der Waals surface area contributed by atoms with Crippen LogP contribution < -0.4 is 9.47 Å². The summed E-state index contributed by atoms with van der Waals surface area (Å²) in [7, 11) is 0. The Hall–Kier alpha value is -3.56. The van der Waals surface area contributed by atoms with Crippen molar-refractivity contribution in [1.29, 1.82) is 5.26 Å². The molecule has 0 N–H and O–H groups in total. The third-order valence-corrected chi connectivity index (χ3v) is 6.35. The van der Waals surface area contributed by atoms with Gasteiger partial charge in [-0.2, -0.15) is 5.26 Å². The molecule has 1 aliphatic rings. The zero-order chi connectivity index (χ0) is 26.1. The number of ether oxygens (including phenoxy) is 2. The Morgan fingerprint density at radius 2 is 1.78 bits per heavy atom. The van der Waals surface area contributed by atoms with Crippen LogP contribution in [0.25, 0.3) is 6.08 Å². The summed E-state index contributed by atoms with van der Waals surface area (Å²) in [6, 6.07) is 14.8. The van der Waals surface area contributed by atoms with Crippen molar-refractivity contribution in [3.05, 3.63) is 75.3 Å². The summed E-state index contributed by atoms with van der Waals surface area (Å²) in [4.78, 5) is 27.2. The molecule has 0 atom stereocenters. The molecule has 7 heteroatoms. The maximum atomic E-state index is 13.3. The van der Waals surface area contributed by atoms with Crippen LogP contribution in [0.3, 0.4) is 0 Å². The van der Waals surface area contributed by atoms with Crippen molar-refractivity contribution in [2.75, 3.05) is 13.2 Å². The van der Waals surface area contributed by atoms with Crippen LogP contribution in [-0.2, 0) is 16.2 Å². The monoisotopic (exact) mass is 506 g/mol. The first-order valence-corrected chi connectivity index (χ1v) is 12.6. The molecule has 188 valence electrons. The standard InChI is InChI=1S/C29H31ClN2O4/c1-4-6-7-10-15-32-28(33)23(20(3)24(18-31)29(32)34)16-21-13-14-26(27(17-21)35-5-2)36-19-22-11-8-9-12-25(22)30/h8-9,11-14,16-17H,4-7,10,15,19H2,1-3H3/b23-16+. The molecule has 0 aliphatic carbocycles. The minimum absolute atomic E-state index is 0.000987. The minimum Gasteiger partial charge on any atom is -0.490 e. The van der Waals surface area contributed by atoms with Crippen molar-refractivity contribution in [3.8, 4) is 17.6 Å². The summed E-state index contributed by atoms with van der Waals surface area (Å²) in [6.45, 7) is 6.62. The molecule has 0 fully saturated rings. The van der Waals surface area contributed by atoms with Crippen molar-refractivity contribution in [2.24, 2.45) is 0 Å². The van der Waals surface area contributed by atoms with E-state index in [0.717, 1.165) is 24.8 Å². The van der Waals surface area contributed by atoms with Gasteiger partial charge in [0.05, 0.1) is 6.61 Å². The highest BCUT2D eigenvalue weighted by Gasteiger charge is 2.35. The molecule has 0 saturated carbocycles. The Bertz CT molecular complexity index is 1230. The highest BCUT2D eigenvalue weighted by Crippen LogP contribution is 2.33. The predicted molar refractivity (Wildman–Crippen MR) is 141 cm³/mol. The third-order valence-electron chi connectivity index (χ3n) is 5.98. The van der Waals surface area contributed by atoms with Gasteiger partial charge in [-0.15, -0.1) is 0 Å². The Labute approximate surface area is 217 Å². The van der Waals surface area contributed by atoms with Crippen LogP contribution in [0.15, 0.2) is 59.2 Å². The second kappa shape index (κ2) is 12.9. The number of hydrogen-bond donors (Lipinski definition) is 0. The molecule has 1 heterocycles. The summed E-state index contributed by atoms with van der Waals surface area (Å²) in [5, 5.41) is 10.2. The van der Waals surface area contributed by atoms with E-state index in [1.165, 1.54) is 4.90 Å². The molecule has 0 saturated heterocycles. The highest BCUT2D eigenvalue weighted by atomic mass is 35.5. The van der Waals surface area contributed by atoms with Crippen LogP contribution in [0.1, 0.15) is 57.6 Å². The number of unbranched alkanes of at least 4 members (excludes halogenated alkanes) is 3. The number of benzene rings is 2. The first-order chi connectivity index (χ1) is 17.4. The number of rotatable bonds is 11. The van der Waals surface area contributed by atoms with Gasteiger partial charge in [0.2, 0.25) is 0 Å². The fraction of sp³-hybridized carbons (Fsp3) is 0.345. The Morgan fingerprint density at radius 1 is 1.00 bits per heavy atom. The number of imide groups is 1. The topological polar surface area (TPSA) is 79.6 Å². The maximum Gasteiger partial charge on any atom is 0.271 e. The summed E-state index contributed by atoms with van der Waals surface area (Å²) in [6.07, 6.45) is 5.41. The summed E-state index contributed by atoms with van der Waals surface area (Å²) >= 11 is 6.24. The van der Waals surface area contributed by atoms with E-state index in [1.807, 2.05) is 43.3 Å². The van der Waals surface area contributed by atoms with Crippen molar-refractivity contribution in [3.63, 3.8) is 0 Å². The average molecular weight is 507 g/mol. The summed E-state index contributed by atoms with van der Waals surface area (Å²) < 4.78 is 11.8. The van der Waals surface area contributed by atoms with Gasteiger partial charge in [0, 0.05) is 22.7 Å². The van der Waals surface area contributed by atoms with E-state index < -0.39 is 5.91 Å². The molecule has 2 aromatic carbocycles. The fourth-order valence-corrected chi connectivity index (χ4v) is 4.16. The van der Waals surface area contributed by atoms with Gasteiger partial charge in [0.1, 0.15) is 18.2 Å².